The minimum absolute atomic E-state index is 0.0728. The van der Waals surface area contributed by atoms with Gasteiger partial charge in [0.2, 0.25) is 21.8 Å². The van der Waals surface area contributed by atoms with Crippen LogP contribution in [0.4, 0.5) is 14.0 Å². The SMILES string of the molecule is CC(C)(C)OC(=O)N[C@H]1CCCCCC=C[C@@H]2C[C@@]2(C(=O)NS(=O)(=O)C2CC2)NC(=O)C2C[C@@H](OC(=O)NCc3ccc(F)cn3)CN2C1=O. The summed E-state index contributed by atoms with van der Waals surface area (Å²) >= 11 is 0. The van der Waals surface area contributed by atoms with E-state index in [0.29, 0.717) is 31.4 Å². The number of pyridine rings is 1. The third-order valence-corrected chi connectivity index (χ3v) is 10.8. The Bertz CT molecular complexity index is 1610. The summed E-state index contributed by atoms with van der Waals surface area (Å²) in [6.45, 7) is 4.78. The van der Waals surface area contributed by atoms with Gasteiger partial charge in [0.15, 0.2) is 0 Å². The van der Waals surface area contributed by atoms with Crippen LogP contribution in [0.5, 0.6) is 0 Å². The third-order valence-electron chi connectivity index (χ3n) is 9.01. The lowest BCUT2D eigenvalue weighted by Crippen LogP contribution is -2.58. The molecule has 2 saturated carbocycles. The van der Waals surface area contributed by atoms with Crippen molar-refractivity contribution in [1.29, 1.82) is 0 Å². The van der Waals surface area contributed by atoms with Gasteiger partial charge in [-0.05, 0) is 71.4 Å². The molecule has 1 unspecified atom stereocenters. The Hall–Kier alpha value is -4.28. The van der Waals surface area contributed by atoms with Gasteiger partial charge in [-0.25, -0.2) is 22.4 Å². The minimum Gasteiger partial charge on any atom is -0.444 e. The molecule has 3 fully saturated rings. The molecule has 17 heteroatoms. The van der Waals surface area contributed by atoms with Gasteiger partial charge in [0, 0.05) is 12.3 Å². The minimum atomic E-state index is -3.92. The Balaban J connectivity index is 1.37. The maximum absolute atomic E-state index is 14.2. The molecule has 0 spiro atoms. The summed E-state index contributed by atoms with van der Waals surface area (Å²) in [6, 6.07) is 0.276. The molecular formula is C33H45FN6O9S. The van der Waals surface area contributed by atoms with E-state index in [1.807, 2.05) is 6.08 Å². The van der Waals surface area contributed by atoms with Crippen molar-refractivity contribution >= 4 is 39.9 Å². The van der Waals surface area contributed by atoms with Crippen LogP contribution in [-0.4, -0.2) is 89.3 Å². The molecule has 0 aromatic carbocycles. The molecule has 5 rings (SSSR count). The van der Waals surface area contributed by atoms with E-state index in [1.165, 1.54) is 17.0 Å². The van der Waals surface area contributed by atoms with Crippen LogP contribution in [0.25, 0.3) is 0 Å². The first-order valence-electron chi connectivity index (χ1n) is 17.0. The Kier molecular flexibility index (Phi) is 11.0. The number of fused-ring (bicyclic) bond motifs is 2. The number of nitrogens with zero attached hydrogens (tertiary/aromatic N) is 2. The highest BCUT2D eigenvalue weighted by Gasteiger charge is 2.62. The fourth-order valence-corrected chi connectivity index (χ4v) is 7.53. The van der Waals surface area contributed by atoms with Gasteiger partial charge in [-0.1, -0.05) is 25.0 Å². The molecule has 4 N–H and O–H groups in total. The monoisotopic (exact) mass is 720 g/mol. The Labute approximate surface area is 290 Å². The van der Waals surface area contributed by atoms with E-state index in [1.54, 1.807) is 26.8 Å². The molecule has 1 saturated heterocycles. The van der Waals surface area contributed by atoms with E-state index in [2.05, 4.69) is 25.7 Å². The van der Waals surface area contributed by atoms with Crippen LogP contribution in [0.1, 0.15) is 84.3 Å². The quantitative estimate of drug-likeness (QED) is 0.303. The van der Waals surface area contributed by atoms with E-state index in [0.717, 1.165) is 19.0 Å². The lowest BCUT2D eigenvalue weighted by atomic mass is 10.0. The molecule has 5 amide bonds. The van der Waals surface area contributed by atoms with Crippen molar-refractivity contribution in [1.82, 2.24) is 30.6 Å². The molecule has 0 bridgehead atoms. The van der Waals surface area contributed by atoms with Crippen LogP contribution in [0.2, 0.25) is 0 Å². The standard InChI is InChI=1S/C33H45FN6O9S/c1-32(2,3)49-31(45)37-25-10-8-6-4-5-7-9-20-16-33(20,29(43)39-50(46,47)24-13-14-24)38-27(41)26-15-23(19-40(26)28(25)42)48-30(44)36-18-22-12-11-21(34)17-35-22/h7,9,11-12,17,20,23-26H,4-6,8,10,13-16,18-19H2,1-3H3,(H,36,44)(H,37,45)(H,38,41)(H,39,43)/t20-,23-,25+,26?,33-/m1/s1. The Morgan fingerprint density at radius 2 is 1.86 bits per heavy atom. The Morgan fingerprint density at radius 3 is 2.54 bits per heavy atom. The van der Waals surface area contributed by atoms with E-state index < -0.39 is 86.2 Å². The number of ether oxygens (including phenoxy) is 2. The number of halogens is 1. The largest absolute Gasteiger partial charge is 0.444 e. The van der Waals surface area contributed by atoms with Gasteiger partial charge in [-0.3, -0.25) is 24.1 Å². The smallest absolute Gasteiger partial charge is 0.408 e. The highest BCUT2D eigenvalue weighted by molar-refractivity contribution is 7.91. The number of allylic oxidation sites excluding steroid dienone is 1. The number of hydrogen-bond acceptors (Lipinski definition) is 10. The first-order chi connectivity index (χ1) is 23.6. The lowest BCUT2D eigenvalue weighted by Gasteiger charge is -2.30. The molecule has 4 aliphatic rings. The van der Waals surface area contributed by atoms with Gasteiger partial charge in [0.1, 0.15) is 35.1 Å². The molecule has 50 heavy (non-hydrogen) atoms. The van der Waals surface area contributed by atoms with Gasteiger partial charge in [0.05, 0.1) is 30.2 Å². The molecule has 1 aromatic heterocycles. The maximum atomic E-state index is 14.2. The van der Waals surface area contributed by atoms with Gasteiger partial charge in [0.25, 0.3) is 5.91 Å². The second kappa shape index (κ2) is 14.9. The summed E-state index contributed by atoms with van der Waals surface area (Å²) in [7, 11) is -3.92. The van der Waals surface area contributed by atoms with Crippen LogP contribution in [-0.2, 0) is 40.4 Å². The normalized spacial score (nSPS) is 27.4. The average molecular weight is 721 g/mol. The topological polar surface area (TPSA) is 202 Å². The predicted molar refractivity (Wildman–Crippen MR) is 176 cm³/mol. The summed E-state index contributed by atoms with van der Waals surface area (Å²) in [5.41, 5.74) is -2.03. The number of hydrogen-bond donors (Lipinski definition) is 4. The van der Waals surface area contributed by atoms with Crippen LogP contribution >= 0.6 is 0 Å². The molecule has 2 aliphatic carbocycles. The summed E-state index contributed by atoms with van der Waals surface area (Å²) in [5.74, 6) is -3.20. The van der Waals surface area contributed by atoms with Crippen molar-refractivity contribution in [3.8, 4) is 0 Å². The van der Waals surface area contributed by atoms with Crippen LogP contribution < -0.4 is 20.7 Å². The zero-order chi connectivity index (χ0) is 36.3. The maximum Gasteiger partial charge on any atom is 0.408 e. The lowest BCUT2D eigenvalue weighted by molar-refractivity contribution is -0.141. The molecule has 3 heterocycles. The van der Waals surface area contributed by atoms with Gasteiger partial charge in [-0.15, -0.1) is 0 Å². The van der Waals surface area contributed by atoms with E-state index >= 15 is 0 Å². The zero-order valence-corrected chi connectivity index (χ0v) is 29.2. The number of carbonyl (C=O) groups is 5. The number of alkyl carbamates (subject to hydrolysis) is 2. The predicted octanol–water partition coefficient (Wildman–Crippen LogP) is 2.31. The molecular weight excluding hydrogens is 675 g/mol. The van der Waals surface area contributed by atoms with Gasteiger partial charge in [-0.2, -0.15) is 0 Å². The summed E-state index contributed by atoms with van der Waals surface area (Å²) in [5, 5.41) is 7.26. The molecule has 0 radical (unpaired) electrons. The van der Waals surface area contributed by atoms with Crippen LogP contribution in [0.15, 0.2) is 30.5 Å². The molecule has 274 valence electrons. The van der Waals surface area contributed by atoms with Crippen molar-refractivity contribution < 1.29 is 46.3 Å². The van der Waals surface area contributed by atoms with Crippen LogP contribution in [0.3, 0.4) is 0 Å². The molecule has 5 atom stereocenters. The third kappa shape index (κ3) is 9.48. The highest BCUT2D eigenvalue weighted by Crippen LogP contribution is 2.46. The second-order valence-corrected chi connectivity index (χ2v) is 16.3. The Morgan fingerprint density at radius 1 is 1.10 bits per heavy atom. The molecule has 2 aliphatic heterocycles. The number of amides is 5. The van der Waals surface area contributed by atoms with Crippen LogP contribution in [0, 0.1) is 11.7 Å². The number of rotatable bonds is 7. The first-order valence-corrected chi connectivity index (χ1v) is 18.5. The summed E-state index contributed by atoms with van der Waals surface area (Å²) in [6.07, 6.45) is 5.91. The van der Waals surface area contributed by atoms with Crippen molar-refractivity contribution in [2.45, 2.75) is 120 Å². The highest BCUT2D eigenvalue weighted by atomic mass is 32.2. The van der Waals surface area contributed by atoms with Gasteiger partial charge < -0.3 is 30.3 Å². The number of carbonyl (C=O) groups excluding carboxylic acids is 5. The van der Waals surface area contributed by atoms with Crippen molar-refractivity contribution in [2.24, 2.45) is 5.92 Å². The first kappa shape index (κ1) is 37.0. The van der Waals surface area contributed by atoms with Crippen molar-refractivity contribution in [3.63, 3.8) is 0 Å². The fourth-order valence-electron chi connectivity index (χ4n) is 6.16. The van der Waals surface area contributed by atoms with E-state index in [-0.39, 0.29) is 32.4 Å². The average Bonchev–Trinajstić information content (AvgIpc) is 3.95. The number of nitrogens with one attached hydrogen (secondary N) is 4. The summed E-state index contributed by atoms with van der Waals surface area (Å²) in [4.78, 5) is 72.4. The van der Waals surface area contributed by atoms with E-state index in [9.17, 15) is 36.8 Å². The number of sulfonamides is 1. The van der Waals surface area contributed by atoms with Gasteiger partial charge >= 0.3 is 12.2 Å². The number of aromatic nitrogens is 1. The van der Waals surface area contributed by atoms with Crippen molar-refractivity contribution in [2.75, 3.05) is 6.54 Å². The second-order valence-electron chi connectivity index (χ2n) is 14.3. The fraction of sp³-hybridized carbons (Fsp3) is 0.636. The molecule has 15 nitrogen and oxygen atoms in total. The molecule has 1 aromatic rings. The van der Waals surface area contributed by atoms with E-state index in [4.69, 9.17) is 9.47 Å². The summed E-state index contributed by atoms with van der Waals surface area (Å²) < 4.78 is 51.8. The van der Waals surface area contributed by atoms with Crippen molar-refractivity contribution in [3.05, 3.63) is 42.0 Å². The zero-order valence-electron chi connectivity index (χ0n) is 28.4.